The Hall–Kier alpha value is -6.74. The first-order chi connectivity index (χ1) is 24.6. The van der Waals surface area contributed by atoms with E-state index < -0.39 is 86.8 Å². The average molecular weight is 715 g/mol. The standard InChI is InChI=1S/C37H30O15/c38-16-1-13-2-20(25(42)10-18(13)23(40)7-16)19-11-29(46)35(49)32-21(19)3-14(4-28(45)34(32)48)36-31(12-22-24(41)8-17(39)9-30(22)51-36)52-37(50)15-5-26(43)33(47)27(44)6-15/h1,3-9,11,20,25,31,36,38-44,46-47,49H,2,10,12H2,(H,45,48)/t20-,25-,31+,36?/m1/s1. The summed E-state index contributed by atoms with van der Waals surface area (Å²) in [6, 6.07) is 9.81. The molecular formula is C37H30O15. The van der Waals surface area contributed by atoms with Crippen molar-refractivity contribution in [1.29, 1.82) is 0 Å². The van der Waals surface area contributed by atoms with Crippen LogP contribution < -0.4 is 10.2 Å². The summed E-state index contributed by atoms with van der Waals surface area (Å²) in [7, 11) is 0. The third-order valence-electron chi connectivity index (χ3n) is 9.51. The molecule has 0 saturated carbocycles. The van der Waals surface area contributed by atoms with Gasteiger partial charge in [-0.05, 0) is 64.9 Å². The maximum atomic E-state index is 13.7. The molecule has 1 unspecified atom stereocenters. The van der Waals surface area contributed by atoms with Crippen LogP contribution in [0.2, 0.25) is 0 Å². The Balaban J connectivity index is 1.41. The number of phenols is 9. The van der Waals surface area contributed by atoms with E-state index in [1.54, 1.807) is 0 Å². The summed E-state index contributed by atoms with van der Waals surface area (Å²) in [6.45, 7) is 0. The van der Waals surface area contributed by atoms with E-state index in [-0.39, 0.29) is 64.3 Å². The summed E-state index contributed by atoms with van der Waals surface area (Å²) in [4.78, 5) is 27.0. The first-order valence-electron chi connectivity index (χ1n) is 15.8. The lowest BCUT2D eigenvalue weighted by atomic mass is 9.76. The van der Waals surface area contributed by atoms with Crippen molar-refractivity contribution in [2.75, 3.05) is 0 Å². The molecule has 0 aromatic heterocycles. The zero-order valence-corrected chi connectivity index (χ0v) is 26.7. The number of phenolic OH excluding ortho intramolecular Hbond substituents is 9. The van der Waals surface area contributed by atoms with E-state index in [2.05, 4.69) is 0 Å². The second-order valence-corrected chi connectivity index (χ2v) is 12.8. The summed E-state index contributed by atoms with van der Waals surface area (Å²) in [6.07, 6.45) is -4.43. The van der Waals surface area contributed by atoms with E-state index >= 15 is 0 Å². The lowest BCUT2D eigenvalue weighted by molar-refractivity contribution is -0.0188. The molecule has 15 heteroatoms. The summed E-state index contributed by atoms with van der Waals surface area (Å²) >= 11 is 0. The van der Waals surface area contributed by atoms with Gasteiger partial charge in [0.05, 0.1) is 17.1 Å². The molecule has 52 heavy (non-hydrogen) atoms. The highest BCUT2D eigenvalue weighted by Gasteiger charge is 2.38. The molecule has 5 aromatic carbocycles. The molecule has 11 N–H and O–H groups in total. The number of esters is 1. The van der Waals surface area contributed by atoms with Crippen molar-refractivity contribution in [1.82, 2.24) is 0 Å². The highest BCUT2D eigenvalue weighted by atomic mass is 16.6. The van der Waals surface area contributed by atoms with Gasteiger partial charge in [0.2, 0.25) is 5.43 Å². The zero-order chi connectivity index (χ0) is 37.3. The van der Waals surface area contributed by atoms with Crippen LogP contribution in [0.3, 0.4) is 0 Å². The van der Waals surface area contributed by atoms with Gasteiger partial charge in [-0.2, -0.15) is 0 Å². The largest absolute Gasteiger partial charge is 0.508 e. The summed E-state index contributed by atoms with van der Waals surface area (Å²) in [5.74, 6) is -8.51. The van der Waals surface area contributed by atoms with Crippen LogP contribution in [0.15, 0.2) is 59.4 Å². The Morgan fingerprint density at radius 3 is 1.98 bits per heavy atom. The van der Waals surface area contributed by atoms with Gasteiger partial charge in [-0.1, -0.05) is 0 Å². The van der Waals surface area contributed by atoms with Crippen LogP contribution in [0.1, 0.15) is 50.2 Å². The number of ether oxygens (including phenoxy) is 2. The minimum absolute atomic E-state index is 0.00962. The van der Waals surface area contributed by atoms with Gasteiger partial charge in [-0.3, -0.25) is 4.79 Å². The molecule has 0 saturated heterocycles. The minimum Gasteiger partial charge on any atom is -0.508 e. The number of hydrogen-bond acceptors (Lipinski definition) is 15. The van der Waals surface area contributed by atoms with Crippen molar-refractivity contribution in [3.8, 4) is 63.2 Å². The predicted octanol–water partition coefficient (Wildman–Crippen LogP) is 3.40. The number of aliphatic hydroxyl groups excluding tert-OH is 1. The van der Waals surface area contributed by atoms with Crippen LogP contribution >= 0.6 is 0 Å². The molecule has 0 amide bonds. The Labute approximate surface area is 291 Å². The van der Waals surface area contributed by atoms with Gasteiger partial charge in [0, 0.05) is 48.1 Å². The summed E-state index contributed by atoms with van der Waals surface area (Å²) in [5.41, 5.74) is -0.525. The number of benzene rings is 4. The van der Waals surface area contributed by atoms with Gasteiger partial charge in [0.25, 0.3) is 0 Å². The Bertz CT molecular complexity index is 2360. The SMILES string of the molecule is O=C(O[C@H]1Cc2c(O)cc(O)cc2OC1c1cc(O)c(=O)c2c(O)c(O)cc([C@H]3Cc4cc(O)cc(O)c4C[C@H]3O)c2c1)c1cc(O)c(O)c(O)c1. The van der Waals surface area contributed by atoms with Crippen LogP contribution in [0.25, 0.3) is 10.8 Å². The number of aromatic hydroxyl groups is 10. The molecule has 268 valence electrons. The highest BCUT2D eigenvalue weighted by Crippen LogP contribution is 2.47. The zero-order valence-electron chi connectivity index (χ0n) is 26.7. The molecule has 4 atom stereocenters. The van der Waals surface area contributed by atoms with Crippen molar-refractivity contribution >= 4 is 16.7 Å². The van der Waals surface area contributed by atoms with Crippen molar-refractivity contribution in [3.05, 3.63) is 98.2 Å². The van der Waals surface area contributed by atoms with Crippen LogP contribution in [0.5, 0.6) is 63.2 Å². The number of fused-ring (bicyclic) bond motifs is 3. The van der Waals surface area contributed by atoms with Gasteiger partial charge in [-0.25, -0.2) is 4.79 Å². The number of carbonyl (C=O) groups excluding carboxylic acids is 1. The van der Waals surface area contributed by atoms with Crippen molar-refractivity contribution in [2.24, 2.45) is 0 Å². The van der Waals surface area contributed by atoms with Crippen LogP contribution in [-0.2, 0) is 24.0 Å². The van der Waals surface area contributed by atoms with E-state index in [4.69, 9.17) is 9.47 Å². The Kier molecular flexibility index (Phi) is 7.94. The van der Waals surface area contributed by atoms with Crippen molar-refractivity contribution in [2.45, 2.75) is 43.5 Å². The second kappa shape index (κ2) is 12.2. The maximum Gasteiger partial charge on any atom is 0.338 e. The first kappa shape index (κ1) is 33.7. The molecule has 0 bridgehead atoms. The van der Waals surface area contributed by atoms with Crippen LogP contribution in [0.4, 0.5) is 0 Å². The van der Waals surface area contributed by atoms with E-state index in [9.17, 15) is 65.8 Å². The highest BCUT2D eigenvalue weighted by molar-refractivity contribution is 5.94. The molecule has 0 radical (unpaired) electrons. The van der Waals surface area contributed by atoms with Crippen LogP contribution in [0, 0.1) is 0 Å². The normalized spacial score (nSPS) is 19.3. The van der Waals surface area contributed by atoms with Crippen molar-refractivity contribution < 1.29 is 70.4 Å². The molecule has 15 nitrogen and oxygen atoms in total. The third kappa shape index (κ3) is 5.62. The fraction of sp³-hybridized carbons (Fsp3) is 0.189. The average Bonchev–Trinajstić information content (AvgIpc) is 3.20. The molecular weight excluding hydrogens is 684 g/mol. The third-order valence-corrected chi connectivity index (χ3v) is 9.51. The first-order valence-corrected chi connectivity index (χ1v) is 15.8. The fourth-order valence-electron chi connectivity index (χ4n) is 7.03. The molecule has 0 fully saturated rings. The number of rotatable bonds is 4. The fourth-order valence-corrected chi connectivity index (χ4v) is 7.03. The Morgan fingerprint density at radius 1 is 0.654 bits per heavy atom. The summed E-state index contributed by atoms with van der Waals surface area (Å²) < 4.78 is 11.9. The van der Waals surface area contributed by atoms with E-state index in [1.165, 1.54) is 18.2 Å². The molecule has 7 rings (SSSR count). The van der Waals surface area contributed by atoms with Gasteiger partial charge < -0.3 is 65.6 Å². The number of hydrogen-bond donors (Lipinski definition) is 11. The molecule has 2 aliphatic rings. The quantitative estimate of drug-likeness (QED) is 0.0940. The molecule has 5 aromatic rings. The van der Waals surface area contributed by atoms with Gasteiger partial charge >= 0.3 is 5.97 Å². The smallest absolute Gasteiger partial charge is 0.338 e. The maximum absolute atomic E-state index is 13.7. The van der Waals surface area contributed by atoms with Crippen LogP contribution in [-0.4, -0.2) is 74.3 Å². The summed E-state index contributed by atoms with van der Waals surface area (Å²) in [5, 5.41) is 115. The van der Waals surface area contributed by atoms with E-state index in [1.807, 2.05) is 0 Å². The predicted molar refractivity (Wildman–Crippen MR) is 179 cm³/mol. The van der Waals surface area contributed by atoms with Gasteiger partial charge in [0.15, 0.2) is 40.6 Å². The van der Waals surface area contributed by atoms with E-state index in [0.717, 1.165) is 36.4 Å². The number of carbonyl (C=O) groups is 1. The number of aliphatic hydroxyl groups is 1. The lowest BCUT2D eigenvalue weighted by Gasteiger charge is -2.34. The second-order valence-electron chi connectivity index (χ2n) is 12.8. The molecule has 0 spiro atoms. The lowest BCUT2D eigenvalue weighted by Crippen LogP contribution is -2.34. The molecule has 1 aliphatic heterocycles. The van der Waals surface area contributed by atoms with Gasteiger partial charge in [0.1, 0.15) is 34.9 Å². The van der Waals surface area contributed by atoms with Crippen molar-refractivity contribution in [3.63, 3.8) is 0 Å². The monoisotopic (exact) mass is 714 g/mol. The Morgan fingerprint density at radius 2 is 1.29 bits per heavy atom. The topological polar surface area (TPSA) is 275 Å². The minimum atomic E-state index is -1.44. The molecule has 1 heterocycles. The van der Waals surface area contributed by atoms with E-state index in [0.29, 0.717) is 11.1 Å². The molecule has 1 aliphatic carbocycles. The van der Waals surface area contributed by atoms with Gasteiger partial charge in [-0.15, -0.1) is 0 Å².